The summed E-state index contributed by atoms with van der Waals surface area (Å²) in [5.74, 6) is 0. The van der Waals surface area contributed by atoms with E-state index in [0.717, 1.165) is 5.56 Å². The van der Waals surface area contributed by atoms with Crippen LogP contribution in [-0.4, -0.2) is 37.0 Å². The topological polar surface area (TPSA) is 70.6 Å². The zero-order chi connectivity index (χ0) is 15.2. The van der Waals surface area contributed by atoms with Gasteiger partial charge in [0, 0.05) is 13.7 Å². The Bertz CT molecular complexity index is 460. The summed E-state index contributed by atoms with van der Waals surface area (Å²) in [7, 11) is 1.55. The van der Waals surface area contributed by atoms with E-state index in [0.29, 0.717) is 23.7 Å². The smallest absolute Gasteiger partial charge is 0.319 e. The van der Waals surface area contributed by atoms with Gasteiger partial charge in [-0.25, -0.2) is 4.79 Å². The quantitative estimate of drug-likeness (QED) is 0.756. The van der Waals surface area contributed by atoms with Crippen LogP contribution in [0.4, 0.5) is 10.5 Å². The number of urea groups is 1. The minimum Gasteiger partial charge on any atom is -0.396 e. The number of carbonyl (C=O) groups is 1. The predicted octanol–water partition coefficient (Wildman–Crippen LogP) is 2.56. The lowest BCUT2D eigenvalue weighted by Gasteiger charge is -2.29. The predicted molar refractivity (Wildman–Crippen MR) is 80.3 cm³/mol. The van der Waals surface area contributed by atoms with Gasteiger partial charge in [0.15, 0.2) is 0 Å². The second-order valence-corrected chi connectivity index (χ2v) is 5.44. The Morgan fingerprint density at radius 3 is 2.75 bits per heavy atom. The van der Waals surface area contributed by atoms with Crippen molar-refractivity contribution in [1.29, 1.82) is 0 Å². The normalized spacial score (nSPS) is 13.7. The first-order valence-electron chi connectivity index (χ1n) is 6.35. The van der Waals surface area contributed by atoms with Gasteiger partial charge in [0.25, 0.3) is 0 Å². The van der Waals surface area contributed by atoms with Crippen molar-refractivity contribution >= 4 is 23.3 Å². The number of methoxy groups -OCH3 is 1. The van der Waals surface area contributed by atoms with E-state index >= 15 is 0 Å². The van der Waals surface area contributed by atoms with Crippen molar-refractivity contribution in [3.63, 3.8) is 0 Å². The van der Waals surface area contributed by atoms with Gasteiger partial charge in [-0.2, -0.15) is 0 Å². The van der Waals surface area contributed by atoms with Crippen molar-refractivity contribution in [2.24, 2.45) is 0 Å². The summed E-state index contributed by atoms with van der Waals surface area (Å²) in [6.07, 6.45) is 0.399. The van der Waals surface area contributed by atoms with Crippen molar-refractivity contribution in [3.8, 4) is 0 Å². The fourth-order valence-corrected chi connectivity index (χ4v) is 2.17. The van der Waals surface area contributed by atoms with Crippen LogP contribution in [0.5, 0.6) is 0 Å². The molecule has 0 fully saturated rings. The fourth-order valence-electron chi connectivity index (χ4n) is 1.89. The maximum atomic E-state index is 12.0. The highest BCUT2D eigenvalue weighted by Crippen LogP contribution is 2.22. The minimum absolute atomic E-state index is 0.0363. The third-order valence-corrected chi connectivity index (χ3v) is 3.23. The molecule has 3 N–H and O–H groups in total. The van der Waals surface area contributed by atoms with Crippen LogP contribution in [0.25, 0.3) is 0 Å². The van der Waals surface area contributed by atoms with E-state index in [1.54, 1.807) is 19.2 Å². The summed E-state index contributed by atoms with van der Waals surface area (Å²) < 4.78 is 5.07. The molecule has 5 nitrogen and oxygen atoms in total. The molecule has 0 bridgehead atoms. The second-order valence-electron chi connectivity index (χ2n) is 5.03. The Hall–Kier alpha value is -1.30. The number of ether oxygens (including phenoxy) is 1. The molecule has 0 radical (unpaired) electrons. The average molecular weight is 301 g/mol. The van der Waals surface area contributed by atoms with Crippen LogP contribution in [0.2, 0.25) is 5.02 Å². The van der Waals surface area contributed by atoms with Gasteiger partial charge in [-0.3, -0.25) is 0 Å². The summed E-state index contributed by atoms with van der Waals surface area (Å²) in [5.41, 5.74) is 0.925. The number of hydrogen-bond acceptors (Lipinski definition) is 3. The Balaban J connectivity index is 2.70. The number of aliphatic hydroxyl groups excluding tert-OH is 1. The van der Waals surface area contributed by atoms with E-state index in [9.17, 15) is 4.79 Å². The number of nitrogens with one attached hydrogen (secondary N) is 2. The molecule has 20 heavy (non-hydrogen) atoms. The van der Waals surface area contributed by atoms with Crippen molar-refractivity contribution in [3.05, 3.63) is 28.8 Å². The third-order valence-electron chi connectivity index (χ3n) is 2.91. The number of halogens is 1. The van der Waals surface area contributed by atoms with Gasteiger partial charge < -0.3 is 20.5 Å². The SMILES string of the molecule is COCC(C)(CCO)NC(=O)Nc1ccc(C)cc1Cl. The molecular weight excluding hydrogens is 280 g/mol. The number of amides is 2. The maximum absolute atomic E-state index is 12.0. The number of benzene rings is 1. The van der Waals surface area contributed by atoms with Gasteiger partial charge in [0.2, 0.25) is 0 Å². The van der Waals surface area contributed by atoms with Crippen molar-refractivity contribution in [1.82, 2.24) is 5.32 Å². The van der Waals surface area contributed by atoms with E-state index < -0.39 is 5.54 Å². The molecule has 0 aliphatic carbocycles. The summed E-state index contributed by atoms with van der Waals surface area (Å²) in [6.45, 7) is 4.00. The molecule has 0 spiro atoms. The molecular formula is C14H21ClN2O3. The Kier molecular flexibility index (Phi) is 6.26. The molecule has 0 heterocycles. The molecule has 0 aromatic heterocycles. The fraction of sp³-hybridized carbons (Fsp3) is 0.500. The largest absolute Gasteiger partial charge is 0.396 e. The number of aliphatic hydroxyl groups is 1. The van der Waals surface area contributed by atoms with Crippen LogP contribution < -0.4 is 10.6 Å². The highest BCUT2D eigenvalue weighted by atomic mass is 35.5. The lowest BCUT2D eigenvalue weighted by Crippen LogP contribution is -2.51. The van der Waals surface area contributed by atoms with Crippen LogP contribution in [0.15, 0.2) is 18.2 Å². The van der Waals surface area contributed by atoms with Gasteiger partial charge >= 0.3 is 6.03 Å². The summed E-state index contributed by atoms with van der Waals surface area (Å²) in [6, 6.07) is 5.00. The van der Waals surface area contributed by atoms with E-state index in [-0.39, 0.29) is 12.6 Å². The van der Waals surface area contributed by atoms with E-state index in [1.165, 1.54) is 0 Å². The first-order chi connectivity index (χ1) is 9.40. The molecule has 1 atom stereocenters. The van der Waals surface area contributed by atoms with Crippen LogP contribution in [0.3, 0.4) is 0 Å². The zero-order valence-corrected chi connectivity index (χ0v) is 12.8. The monoisotopic (exact) mass is 300 g/mol. The first kappa shape index (κ1) is 16.8. The lowest BCUT2D eigenvalue weighted by molar-refractivity contribution is 0.104. The number of anilines is 1. The van der Waals surface area contributed by atoms with Crippen molar-refractivity contribution in [2.45, 2.75) is 25.8 Å². The van der Waals surface area contributed by atoms with E-state index in [1.807, 2.05) is 19.9 Å². The highest BCUT2D eigenvalue weighted by Gasteiger charge is 2.26. The van der Waals surface area contributed by atoms with Crippen LogP contribution in [0, 0.1) is 6.92 Å². The average Bonchev–Trinajstić information content (AvgIpc) is 2.33. The molecule has 2 amide bonds. The van der Waals surface area contributed by atoms with Gasteiger partial charge in [-0.05, 0) is 38.0 Å². The highest BCUT2D eigenvalue weighted by molar-refractivity contribution is 6.33. The molecule has 0 aliphatic heterocycles. The summed E-state index contributed by atoms with van der Waals surface area (Å²) >= 11 is 6.06. The third kappa shape index (κ3) is 5.00. The molecule has 1 aromatic carbocycles. The van der Waals surface area contributed by atoms with Gasteiger partial charge in [-0.1, -0.05) is 17.7 Å². The molecule has 0 saturated heterocycles. The van der Waals surface area contributed by atoms with E-state index in [4.69, 9.17) is 21.4 Å². The number of aryl methyl sites for hydroxylation is 1. The second kappa shape index (κ2) is 7.47. The van der Waals surface area contributed by atoms with Crippen molar-refractivity contribution < 1.29 is 14.6 Å². The maximum Gasteiger partial charge on any atom is 0.319 e. The number of rotatable bonds is 6. The number of carbonyl (C=O) groups excluding carboxylic acids is 1. The lowest BCUT2D eigenvalue weighted by atomic mass is 10.00. The summed E-state index contributed by atoms with van der Waals surface area (Å²) in [4.78, 5) is 12.0. The van der Waals surface area contributed by atoms with Crippen molar-refractivity contribution in [2.75, 3.05) is 25.6 Å². The Morgan fingerprint density at radius 1 is 1.50 bits per heavy atom. The Morgan fingerprint density at radius 2 is 2.20 bits per heavy atom. The van der Waals surface area contributed by atoms with Gasteiger partial charge in [0.05, 0.1) is 22.9 Å². The van der Waals surface area contributed by atoms with Crippen LogP contribution >= 0.6 is 11.6 Å². The van der Waals surface area contributed by atoms with Crippen LogP contribution in [-0.2, 0) is 4.74 Å². The van der Waals surface area contributed by atoms with Gasteiger partial charge in [0.1, 0.15) is 0 Å². The minimum atomic E-state index is -0.634. The molecule has 1 unspecified atom stereocenters. The first-order valence-corrected chi connectivity index (χ1v) is 6.73. The summed E-state index contributed by atoms with van der Waals surface area (Å²) in [5, 5.41) is 15.0. The molecule has 0 aliphatic rings. The molecule has 0 saturated carbocycles. The Labute approximate surface area is 124 Å². The van der Waals surface area contributed by atoms with Crippen LogP contribution in [0.1, 0.15) is 18.9 Å². The zero-order valence-electron chi connectivity index (χ0n) is 12.0. The van der Waals surface area contributed by atoms with Gasteiger partial charge in [-0.15, -0.1) is 0 Å². The molecule has 6 heteroatoms. The molecule has 1 rings (SSSR count). The molecule has 1 aromatic rings. The standard InChI is InChI=1S/C14H21ClN2O3/c1-10-4-5-12(11(15)8-10)16-13(19)17-14(2,6-7-18)9-20-3/h4-5,8,18H,6-7,9H2,1-3H3,(H2,16,17,19). The van der Waals surface area contributed by atoms with E-state index in [2.05, 4.69) is 10.6 Å². The number of hydrogen-bond donors (Lipinski definition) is 3. The molecule has 112 valence electrons.